The molecule has 0 aliphatic heterocycles. The Kier molecular flexibility index (Phi) is 16.4. The Morgan fingerprint density at radius 1 is 0.739 bits per heavy atom. The quantitative estimate of drug-likeness (QED) is 0.0890. The van der Waals surface area contributed by atoms with Gasteiger partial charge in [0.1, 0.15) is 17.3 Å². The molecule has 0 fully saturated rings. The number of hydrogen-bond acceptors (Lipinski definition) is 5. The van der Waals surface area contributed by atoms with Crippen molar-refractivity contribution in [3.05, 3.63) is 114 Å². The molecule has 0 saturated heterocycles. The van der Waals surface area contributed by atoms with Crippen LogP contribution < -0.4 is 14.8 Å². The molecule has 0 aliphatic carbocycles. The molecular formula is C38H48N2O5S. The smallest absolute Gasteiger partial charge is 0.266 e. The number of unbranched alkanes of at least 4 members (excludes halogenated alkanes) is 8. The second-order valence-corrected chi connectivity index (χ2v) is 12.9. The number of hydrogen-bond donors (Lipinski definition) is 2. The maximum Gasteiger partial charge on any atom is 0.266 e. The van der Waals surface area contributed by atoms with Crippen molar-refractivity contribution >= 4 is 27.5 Å². The fourth-order valence-corrected chi connectivity index (χ4v) is 6.00. The first-order valence-electron chi connectivity index (χ1n) is 16.4. The highest BCUT2D eigenvalue weighted by molar-refractivity contribution is 7.90. The third-order valence-corrected chi connectivity index (χ3v) is 8.80. The number of amides is 2. The first kappa shape index (κ1) is 36.3. The Hall–Kier alpha value is -4.17. The standard InChI is InChI=1S/C38H48N2O5S/c1-2-3-4-5-6-7-8-9-10-11-12-13-14-15-19-29-37(41)40-46(43,44)36-28-21-20-27-35(36)39-38(42)33-25-22-26-34(30-33)45-31-32-23-17-16-18-24-32/h6-7,9-10,16-18,20-28,30H,2-5,8,11-15,19,29,31H2,1H3,(H,39,42)(H,40,41)/b7-6-,10-9-. The maximum atomic E-state index is 13.1. The molecule has 0 spiro atoms. The summed E-state index contributed by atoms with van der Waals surface area (Å²) in [5.74, 6) is -0.544. The van der Waals surface area contributed by atoms with E-state index in [1.165, 1.54) is 37.8 Å². The molecule has 46 heavy (non-hydrogen) atoms. The van der Waals surface area contributed by atoms with Crippen molar-refractivity contribution < 1.29 is 22.7 Å². The lowest BCUT2D eigenvalue weighted by Crippen LogP contribution is -2.31. The number of carbonyl (C=O) groups is 2. The van der Waals surface area contributed by atoms with Crippen LogP contribution in [-0.2, 0) is 21.4 Å². The van der Waals surface area contributed by atoms with E-state index in [1.807, 2.05) is 30.3 Å². The molecule has 2 N–H and O–H groups in total. The van der Waals surface area contributed by atoms with Crippen LogP contribution in [-0.4, -0.2) is 20.2 Å². The Morgan fingerprint density at radius 2 is 1.41 bits per heavy atom. The highest BCUT2D eigenvalue weighted by atomic mass is 32.2. The molecule has 0 atom stereocenters. The topological polar surface area (TPSA) is 102 Å². The molecule has 3 aromatic carbocycles. The zero-order chi connectivity index (χ0) is 32.9. The number of allylic oxidation sites excluding steroid dienone is 4. The third-order valence-electron chi connectivity index (χ3n) is 7.37. The van der Waals surface area contributed by atoms with E-state index >= 15 is 0 Å². The molecule has 8 heteroatoms. The zero-order valence-corrected chi connectivity index (χ0v) is 27.8. The van der Waals surface area contributed by atoms with E-state index in [-0.39, 0.29) is 17.0 Å². The van der Waals surface area contributed by atoms with E-state index < -0.39 is 21.8 Å². The average molecular weight is 645 g/mol. The van der Waals surface area contributed by atoms with Crippen molar-refractivity contribution in [2.24, 2.45) is 0 Å². The van der Waals surface area contributed by atoms with Gasteiger partial charge in [0.15, 0.2) is 0 Å². The van der Waals surface area contributed by atoms with Crippen molar-refractivity contribution in [2.75, 3.05) is 5.32 Å². The molecule has 0 unspecified atom stereocenters. The summed E-state index contributed by atoms with van der Waals surface area (Å²) in [7, 11) is -4.19. The maximum absolute atomic E-state index is 13.1. The number of anilines is 1. The number of sulfonamides is 1. The van der Waals surface area contributed by atoms with E-state index in [0.29, 0.717) is 24.3 Å². The zero-order valence-electron chi connectivity index (χ0n) is 27.0. The summed E-state index contributed by atoms with van der Waals surface area (Å²) >= 11 is 0. The van der Waals surface area contributed by atoms with Crippen LogP contribution in [0, 0.1) is 0 Å². The van der Waals surface area contributed by atoms with Crippen LogP contribution in [0.4, 0.5) is 5.69 Å². The van der Waals surface area contributed by atoms with Crippen LogP contribution in [0.25, 0.3) is 0 Å². The Balaban J connectivity index is 1.39. The lowest BCUT2D eigenvalue weighted by molar-refractivity contribution is -0.119. The van der Waals surface area contributed by atoms with Crippen LogP contribution in [0.1, 0.15) is 99.9 Å². The fraction of sp³-hybridized carbons (Fsp3) is 0.368. The minimum absolute atomic E-state index is 0.0838. The molecule has 246 valence electrons. The first-order valence-corrected chi connectivity index (χ1v) is 17.9. The predicted octanol–water partition coefficient (Wildman–Crippen LogP) is 9.14. The molecule has 0 bridgehead atoms. The average Bonchev–Trinajstić information content (AvgIpc) is 3.06. The van der Waals surface area contributed by atoms with Crippen LogP contribution in [0.5, 0.6) is 5.75 Å². The summed E-state index contributed by atoms with van der Waals surface area (Å²) in [5, 5.41) is 2.67. The molecule has 3 rings (SSSR count). The largest absolute Gasteiger partial charge is 0.489 e. The summed E-state index contributed by atoms with van der Waals surface area (Å²) < 4.78 is 34.2. The summed E-state index contributed by atoms with van der Waals surface area (Å²) in [5.41, 5.74) is 1.39. The van der Waals surface area contributed by atoms with Gasteiger partial charge in [-0.15, -0.1) is 0 Å². The Morgan fingerprint density at radius 3 is 2.17 bits per heavy atom. The second kappa shape index (κ2) is 20.8. The Labute approximate surface area is 275 Å². The number of carbonyl (C=O) groups excluding carboxylic acids is 2. The first-order chi connectivity index (χ1) is 22.4. The van der Waals surface area contributed by atoms with Gasteiger partial charge in [0.2, 0.25) is 5.91 Å². The van der Waals surface area contributed by atoms with E-state index in [9.17, 15) is 18.0 Å². The summed E-state index contributed by atoms with van der Waals surface area (Å²) in [6.07, 6.45) is 20.7. The molecule has 0 saturated carbocycles. The lowest BCUT2D eigenvalue weighted by Gasteiger charge is -2.13. The number of rotatable bonds is 21. The Bertz CT molecular complexity index is 1520. The van der Waals surface area contributed by atoms with E-state index in [1.54, 1.807) is 36.4 Å². The molecule has 0 heterocycles. The van der Waals surface area contributed by atoms with Gasteiger partial charge in [0.25, 0.3) is 15.9 Å². The van der Waals surface area contributed by atoms with Gasteiger partial charge < -0.3 is 10.1 Å². The van der Waals surface area contributed by atoms with Gasteiger partial charge in [-0.25, -0.2) is 13.1 Å². The lowest BCUT2D eigenvalue weighted by atomic mass is 10.1. The van der Waals surface area contributed by atoms with Gasteiger partial charge >= 0.3 is 0 Å². The molecular weight excluding hydrogens is 596 g/mol. The van der Waals surface area contributed by atoms with Crippen molar-refractivity contribution in [2.45, 2.75) is 95.5 Å². The monoisotopic (exact) mass is 644 g/mol. The van der Waals surface area contributed by atoms with Gasteiger partial charge in [0, 0.05) is 12.0 Å². The molecule has 3 aromatic rings. The fourth-order valence-electron chi connectivity index (χ4n) is 4.82. The van der Waals surface area contributed by atoms with Crippen LogP contribution in [0.15, 0.2) is 108 Å². The third kappa shape index (κ3) is 13.9. The molecule has 0 aromatic heterocycles. The van der Waals surface area contributed by atoms with Gasteiger partial charge in [-0.2, -0.15) is 0 Å². The van der Waals surface area contributed by atoms with Crippen LogP contribution >= 0.6 is 0 Å². The molecule has 2 amide bonds. The van der Waals surface area contributed by atoms with Crippen LogP contribution in [0.2, 0.25) is 0 Å². The second-order valence-electron chi connectivity index (χ2n) is 11.3. The SMILES string of the molecule is CCCCC/C=C\C/C=C\CCCCCCCC(=O)NS(=O)(=O)c1ccccc1NC(=O)c1cccc(OCc2ccccc2)c1. The van der Waals surface area contributed by atoms with E-state index in [0.717, 1.165) is 44.1 Å². The van der Waals surface area contributed by atoms with Crippen molar-refractivity contribution in [1.29, 1.82) is 0 Å². The summed E-state index contributed by atoms with van der Waals surface area (Å²) in [6, 6.07) is 22.4. The van der Waals surface area contributed by atoms with Gasteiger partial charge in [-0.05, 0) is 74.4 Å². The normalized spacial score (nSPS) is 11.6. The number of ether oxygens (including phenoxy) is 1. The number of nitrogens with one attached hydrogen (secondary N) is 2. The van der Waals surface area contributed by atoms with Crippen molar-refractivity contribution in [3.8, 4) is 5.75 Å². The van der Waals surface area contributed by atoms with Crippen LogP contribution in [0.3, 0.4) is 0 Å². The summed E-state index contributed by atoms with van der Waals surface area (Å²) in [4.78, 5) is 25.4. The van der Waals surface area contributed by atoms with Gasteiger partial charge in [0.05, 0.1) is 5.69 Å². The number of benzene rings is 3. The van der Waals surface area contributed by atoms with Gasteiger partial charge in [-0.3, -0.25) is 9.59 Å². The van der Waals surface area contributed by atoms with Crippen molar-refractivity contribution in [3.63, 3.8) is 0 Å². The minimum atomic E-state index is -4.19. The number of para-hydroxylation sites is 1. The van der Waals surface area contributed by atoms with Gasteiger partial charge in [-0.1, -0.05) is 112 Å². The molecule has 7 nitrogen and oxygen atoms in total. The highest BCUT2D eigenvalue weighted by Gasteiger charge is 2.22. The van der Waals surface area contributed by atoms with E-state index in [2.05, 4.69) is 41.3 Å². The predicted molar refractivity (Wildman–Crippen MR) is 186 cm³/mol. The summed E-state index contributed by atoms with van der Waals surface area (Å²) in [6.45, 7) is 2.57. The van der Waals surface area contributed by atoms with E-state index in [4.69, 9.17) is 4.74 Å². The minimum Gasteiger partial charge on any atom is -0.489 e. The molecule has 0 aliphatic rings. The van der Waals surface area contributed by atoms with Crippen molar-refractivity contribution in [1.82, 2.24) is 4.72 Å². The highest BCUT2D eigenvalue weighted by Crippen LogP contribution is 2.23. The molecule has 0 radical (unpaired) electrons.